The highest BCUT2D eigenvalue weighted by molar-refractivity contribution is 5.81. The van der Waals surface area contributed by atoms with Crippen molar-refractivity contribution < 1.29 is 13.9 Å². The molecule has 0 unspecified atom stereocenters. The molecule has 25 heavy (non-hydrogen) atoms. The summed E-state index contributed by atoms with van der Waals surface area (Å²) < 4.78 is 16.7. The maximum absolute atomic E-state index is 8.97. The van der Waals surface area contributed by atoms with Crippen LogP contribution in [-0.4, -0.2) is 24.4 Å². The van der Waals surface area contributed by atoms with Gasteiger partial charge in [0.1, 0.15) is 6.07 Å². The Morgan fingerprint density at radius 3 is 2.88 bits per heavy atom. The molecule has 0 saturated carbocycles. The van der Waals surface area contributed by atoms with Gasteiger partial charge in [0.05, 0.1) is 19.4 Å². The smallest absolute Gasteiger partial charge is 0.252 e. The first-order valence-corrected chi connectivity index (χ1v) is 8.24. The molecule has 0 atom stereocenters. The monoisotopic (exact) mass is 342 g/mol. The van der Waals surface area contributed by atoms with Crippen LogP contribution >= 0.6 is 0 Å². The summed E-state index contributed by atoms with van der Waals surface area (Å²) in [6.07, 6.45) is 3.68. The van der Waals surface area contributed by atoms with Crippen LogP contribution in [0, 0.1) is 18.3 Å². The van der Waals surface area contributed by atoms with E-state index in [0.29, 0.717) is 24.9 Å². The molecular formula is C18H22N4O3. The van der Waals surface area contributed by atoms with Crippen molar-refractivity contribution in [3.8, 4) is 17.6 Å². The van der Waals surface area contributed by atoms with Crippen LogP contribution in [0.15, 0.2) is 27.7 Å². The molecule has 0 bridgehead atoms. The molecule has 0 radical (unpaired) electrons. The lowest BCUT2D eigenvalue weighted by Gasteiger charge is -2.12. The molecule has 2 rings (SSSR count). The zero-order chi connectivity index (χ0) is 18.1. The van der Waals surface area contributed by atoms with Gasteiger partial charge < -0.3 is 13.9 Å². The molecule has 0 amide bonds. The third-order valence-corrected chi connectivity index (χ3v) is 3.24. The minimum absolute atomic E-state index is 0.171. The predicted molar refractivity (Wildman–Crippen MR) is 95.2 cm³/mol. The Balaban J connectivity index is 2.08. The second-order valence-corrected chi connectivity index (χ2v) is 5.23. The number of oxazole rings is 1. The molecule has 1 aromatic carbocycles. The Morgan fingerprint density at radius 1 is 1.32 bits per heavy atom. The maximum Gasteiger partial charge on any atom is 0.252 e. The SMILES string of the molecule is CCCCOc1ccc(/C=N/Nc2oc(C)nc2C#N)cc1OCC. The third-order valence-electron chi connectivity index (χ3n) is 3.24. The first-order valence-electron chi connectivity index (χ1n) is 8.24. The molecule has 0 saturated heterocycles. The van der Waals surface area contributed by atoms with Gasteiger partial charge in [-0.15, -0.1) is 0 Å². The van der Waals surface area contributed by atoms with E-state index in [0.717, 1.165) is 24.2 Å². The molecule has 0 aliphatic heterocycles. The van der Waals surface area contributed by atoms with Crippen molar-refractivity contribution in [3.05, 3.63) is 35.3 Å². The highest BCUT2D eigenvalue weighted by Crippen LogP contribution is 2.28. The predicted octanol–water partition coefficient (Wildman–Crippen LogP) is 3.88. The van der Waals surface area contributed by atoms with Crippen molar-refractivity contribution in [2.45, 2.75) is 33.6 Å². The summed E-state index contributed by atoms with van der Waals surface area (Å²) in [6.45, 7) is 6.92. The minimum atomic E-state index is 0.171. The largest absolute Gasteiger partial charge is 0.490 e. The number of hydrogen-bond acceptors (Lipinski definition) is 7. The Bertz CT molecular complexity index is 762. The molecule has 1 aromatic heterocycles. The minimum Gasteiger partial charge on any atom is -0.490 e. The van der Waals surface area contributed by atoms with Crippen LogP contribution in [0.4, 0.5) is 5.88 Å². The molecule has 1 heterocycles. The number of hydrazone groups is 1. The molecule has 0 aliphatic carbocycles. The number of aryl methyl sites for hydroxylation is 1. The van der Waals surface area contributed by atoms with Crippen LogP contribution in [0.5, 0.6) is 11.5 Å². The Labute approximate surface area is 147 Å². The number of hydrogen-bond donors (Lipinski definition) is 1. The molecule has 2 aromatic rings. The van der Waals surface area contributed by atoms with E-state index < -0.39 is 0 Å². The Hall–Kier alpha value is -3.01. The van der Waals surface area contributed by atoms with E-state index in [-0.39, 0.29) is 11.6 Å². The van der Waals surface area contributed by atoms with Crippen molar-refractivity contribution >= 4 is 12.1 Å². The lowest BCUT2D eigenvalue weighted by atomic mass is 10.2. The zero-order valence-corrected chi connectivity index (χ0v) is 14.7. The van der Waals surface area contributed by atoms with Gasteiger partial charge in [0.15, 0.2) is 17.4 Å². The summed E-state index contributed by atoms with van der Waals surface area (Å²) in [5.74, 6) is 2.02. The average Bonchev–Trinajstić information content (AvgIpc) is 2.97. The standard InChI is InChI=1S/C18H22N4O3/c1-4-6-9-24-16-8-7-14(10-17(16)23-5-2)12-20-22-18-15(11-19)21-13(3)25-18/h7-8,10,12,22H,4-6,9H2,1-3H3/b20-12+. The van der Waals surface area contributed by atoms with E-state index in [1.807, 2.05) is 31.2 Å². The molecule has 7 nitrogen and oxygen atoms in total. The fourth-order valence-corrected chi connectivity index (χ4v) is 2.06. The lowest BCUT2D eigenvalue weighted by molar-refractivity contribution is 0.272. The van der Waals surface area contributed by atoms with E-state index in [9.17, 15) is 0 Å². The topological polar surface area (TPSA) is 92.7 Å². The summed E-state index contributed by atoms with van der Waals surface area (Å²) in [6, 6.07) is 7.54. The van der Waals surface area contributed by atoms with Crippen molar-refractivity contribution in [1.29, 1.82) is 5.26 Å². The van der Waals surface area contributed by atoms with Crippen LogP contribution < -0.4 is 14.9 Å². The molecule has 132 valence electrons. The maximum atomic E-state index is 8.97. The second-order valence-electron chi connectivity index (χ2n) is 5.23. The van der Waals surface area contributed by atoms with E-state index >= 15 is 0 Å². The highest BCUT2D eigenvalue weighted by atomic mass is 16.5. The van der Waals surface area contributed by atoms with Crippen molar-refractivity contribution in [2.24, 2.45) is 5.10 Å². The summed E-state index contributed by atoms with van der Waals surface area (Å²) in [5.41, 5.74) is 3.69. The molecule has 0 fully saturated rings. The molecule has 7 heteroatoms. The number of aromatic nitrogens is 1. The zero-order valence-electron chi connectivity index (χ0n) is 14.7. The van der Waals surface area contributed by atoms with Crippen molar-refractivity contribution in [3.63, 3.8) is 0 Å². The Kier molecular flexibility index (Phi) is 6.84. The first kappa shape index (κ1) is 18.3. The van der Waals surface area contributed by atoms with Crippen LogP contribution in [0.25, 0.3) is 0 Å². The average molecular weight is 342 g/mol. The van der Waals surface area contributed by atoms with Gasteiger partial charge in [0.2, 0.25) is 5.69 Å². The molecule has 1 N–H and O–H groups in total. The number of benzene rings is 1. The highest BCUT2D eigenvalue weighted by Gasteiger charge is 2.09. The molecule has 0 aliphatic rings. The Morgan fingerprint density at radius 2 is 2.16 bits per heavy atom. The summed E-state index contributed by atoms with van der Waals surface area (Å²) in [5, 5.41) is 13.1. The van der Waals surface area contributed by atoms with Crippen LogP contribution in [-0.2, 0) is 0 Å². The van der Waals surface area contributed by atoms with Crippen LogP contribution in [0.1, 0.15) is 43.8 Å². The van der Waals surface area contributed by atoms with Crippen molar-refractivity contribution in [1.82, 2.24) is 4.98 Å². The van der Waals surface area contributed by atoms with Crippen LogP contribution in [0.2, 0.25) is 0 Å². The normalized spacial score (nSPS) is 10.6. The van der Waals surface area contributed by atoms with Gasteiger partial charge in [-0.2, -0.15) is 10.4 Å². The molecular weight excluding hydrogens is 320 g/mol. The number of rotatable bonds is 9. The van der Waals surface area contributed by atoms with E-state index in [4.69, 9.17) is 19.2 Å². The number of nitriles is 1. The lowest BCUT2D eigenvalue weighted by Crippen LogP contribution is -2.01. The summed E-state index contributed by atoms with van der Waals surface area (Å²) in [4.78, 5) is 3.94. The molecule has 0 spiro atoms. The number of unbranched alkanes of at least 4 members (excludes halogenated alkanes) is 1. The van der Waals surface area contributed by atoms with E-state index in [1.54, 1.807) is 13.1 Å². The van der Waals surface area contributed by atoms with Gasteiger partial charge in [-0.3, -0.25) is 0 Å². The van der Waals surface area contributed by atoms with Crippen molar-refractivity contribution in [2.75, 3.05) is 18.6 Å². The second kappa shape index (κ2) is 9.33. The van der Waals surface area contributed by atoms with E-state index in [2.05, 4.69) is 22.4 Å². The summed E-state index contributed by atoms with van der Waals surface area (Å²) >= 11 is 0. The quantitative estimate of drug-likeness (QED) is 0.422. The first-order chi connectivity index (χ1) is 12.2. The fourth-order valence-electron chi connectivity index (χ4n) is 2.06. The summed E-state index contributed by atoms with van der Waals surface area (Å²) in [7, 11) is 0. The van der Waals surface area contributed by atoms with E-state index in [1.165, 1.54) is 0 Å². The number of nitrogens with one attached hydrogen (secondary N) is 1. The van der Waals surface area contributed by atoms with Crippen LogP contribution in [0.3, 0.4) is 0 Å². The van der Waals surface area contributed by atoms with Gasteiger partial charge in [0.25, 0.3) is 5.88 Å². The van der Waals surface area contributed by atoms with Gasteiger partial charge in [-0.1, -0.05) is 13.3 Å². The third kappa shape index (κ3) is 5.24. The van der Waals surface area contributed by atoms with Gasteiger partial charge in [-0.25, -0.2) is 10.4 Å². The van der Waals surface area contributed by atoms with Gasteiger partial charge in [0, 0.05) is 6.92 Å². The van der Waals surface area contributed by atoms with Gasteiger partial charge >= 0.3 is 0 Å². The number of anilines is 1. The number of ether oxygens (including phenoxy) is 2. The fraction of sp³-hybridized carbons (Fsp3) is 0.389. The number of nitrogens with zero attached hydrogens (tertiary/aromatic N) is 3. The van der Waals surface area contributed by atoms with Gasteiger partial charge in [-0.05, 0) is 37.1 Å².